The number of methoxy groups -OCH3 is 1. The van der Waals surface area contributed by atoms with E-state index in [1.165, 1.54) is 17.4 Å². The van der Waals surface area contributed by atoms with Crippen LogP contribution in [0.15, 0.2) is 23.1 Å². The number of aromatic nitrogens is 1. The summed E-state index contributed by atoms with van der Waals surface area (Å²) >= 11 is 1.30. The van der Waals surface area contributed by atoms with E-state index in [1.807, 2.05) is 6.92 Å². The molecule has 0 aliphatic carbocycles. The predicted octanol–water partition coefficient (Wildman–Crippen LogP) is 2.04. The number of carbonyl (C=O) groups is 1. The highest BCUT2D eigenvalue weighted by Gasteiger charge is 2.18. The molecule has 136 valence electrons. The van der Waals surface area contributed by atoms with Crippen molar-refractivity contribution >= 4 is 27.3 Å². The average Bonchev–Trinajstić information content (AvgIpc) is 2.92. The molecule has 0 saturated heterocycles. The van der Waals surface area contributed by atoms with E-state index in [1.54, 1.807) is 33.1 Å². The number of sulfonamides is 1. The summed E-state index contributed by atoms with van der Waals surface area (Å²) in [5.74, 6) is -0.224. The minimum atomic E-state index is -3.74. The topological polar surface area (TPSA) is 111 Å². The third kappa shape index (κ3) is 4.63. The van der Waals surface area contributed by atoms with Crippen LogP contribution >= 0.6 is 11.3 Å². The van der Waals surface area contributed by atoms with Gasteiger partial charge in [0.2, 0.25) is 10.0 Å². The summed E-state index contributed by atoms with van der Waals surface area (Å²) in [5, 5.41) is 8.72. The number of ether oxygens (including phenoxy) is 1. The molecule has 9 heteroatoms. The number of thiazole rings is 1. The van der Waals surface area contributed by atoms with Crippen LogP contribution in [0.1, 0.15) is 44.5 Å². The van der Waals surface area contributed by atoms with Crippen molar-refractivity contribution in [3.05, 3.63) is 44.9 Å². The number of benzene rings is 1. The number of primary sulfonamides is 1. The smallest absolute Gasteiger partial charge is 0.263 e. The summed E-state index contributed by atoms with van der Waals surface area (Å²) in [6.07, 6.45) is -0.168. The summed E-state index contributed by atoms with van der Waals surface area (Å²) in [6.45, 7) is 5.59. The molecule has 0 fully saturated rings. The first-order chi connectivity index (χ1) is 11.6. The summed E-state index contributed by atoms with van der Waals surface area (Å²) < 4.78 is 28.1. The third-order valence-electron chi connectivity index (χ3n) is 3.72. The van der Waals surface area contributed by atoms with Crippen molar-refractivity contribution < 1.29 is 17.9 Å². The van der Waals surface area contributed by atoms with Crippen molar-refractivity contribution in [1.29, 1.82) is 0 Å². The van der Waals surface area contributed by atoms with Crippen molar-refractivity contribution in [3.8, 4) is 0 Å². The molecule has 3 N–H and O–H groups in total. The average molecular weight is 383 g/mol. The molecule has 0 aliphatic heterocycles. The number of nitrogens with two attached hydrogens (primary N) is 1. The van der Waals surface area contributed by atoms with Crippen LogP contribution in [0.5, 0.6) is 0 Å². The largest absolute Gasteiger partial charge is 0.375 e. The van der Waals surface area contributed by atoms with Gasteiger partial charge < -0.3 is 10.1 Å². The Bertz CT molecular complexity index is 891. The van der Waals surface area contributed by atoms with Gasteiger partial charge in [0.1, 0.15) is 16.0 Å². The lowest BCUT2D eigenvalue weighted by molar-refractivity contribution is 0.0954. The van der Waals surface area contributed by atoms with E-state index in [0.717, 1.165) is 10.6 Å². The molecule has 0 aliphatic rings. The van der Waals surface area contributed by atoms with E-state index in [2.05, 4.69) is 10.3 Å². The van der Waals surface area contributed by atoms with Gasteiger partial charge in [0.15, 0.2) is 0 Å². The molecule has 1 aromatic carbocycles. The van der Waals surface area contributed by atoms with Crippen molar-refractivity contribution in [2.45, 2.75) is 38.3 Å². The van der Waals surface area contributed by atoms with Gasteiger partial charge >= 0.3 is 0 Å². The second kappa shape index (κ2) is 7.61. The van der Waals surface area contributed by atoms with E-state index in [0.29, 0.717) is 16.1 Å². The van der Waals surface area contributed by atoms with Crippen LogP contribution < -0.4 is 10.5 Å². The van der Waals surface area contributed by atoms with Gasteiger partial charge in [0.05, 0.1) is 10.6 Å². The number of carbonyl (C=O) groups excluding carboxylic acids is 1. The first-order valence-corrected chi connectivity index (χ1v) is 9.90. The van der Waals surface area contributed by atoms with Crippen LogP contribution in [-0.2, 0) is 21.3 Å². The van der Waals surface area contributed by atoms with E-state index in [-0.39, 0.29) is 23.5 Å². The zero-order chi connectivity index (χ0) is 18.8. The zero-order valence-electron chi connectivity index (χ0n) is 14.5. The molecule has 1 atom stereocenters. The van der Waals surface area contributed by atoms with Crippen LogP contribution in [0.2, 0.25) is 0 Å². The standard InChI is InChI=1S/C16H21N3O4S2/c1-9-7-12(5-6-13(9)25(17,21)22)8-18-15(20)14-10(2)19-16(24-14)11(3)23-4/h5-7,11H,8H2,1-4H3,(H,18,20)(H2,17,21,22). The van der Waals surface area contributed by atoms with Crippen LogP contribution in [0, 0.1) is 13.8 Å². The Labute approximate surface area is 151 Å². The lowest BCUT2D eigenvalue weighted by Gasteiger charge is -2.08. The molecule has 1 heterocycles. The highest BCUT2D eigenvalue weighted by Crippen LogP contribution is 2.25. The molecule has 0 bridgehead atoms. The molecule has 0 saturated carbocycles. The number of amides is 1. The Hall–Kier alpha value is -1.81. The van der Waals surface area contributed by atoms with E-state index >= 15 is 0 Å². The summed E-state index contributed by atoms with van der Waals surface area (Å²) in [7, 11) is -2.15. The fourth-order valence-corrected chi connectivity index (χ4v) is 4.08. The summed E-state index contributed by atoms with van der Waals surface area (Å²) in [6, 6.07) is 4.77. The number of nitrogens with zero attached hydrogens (tertiary/aromatic N) is 1. The van der Waals surface area contributed by atoms with Crippen molar-refractivity contribution in [1.82, 2.24) is 10.3 Å². The molecule has 7 nitrogen and oxygen atoms in total. The highest BCUT2D eigenvalue weighted by molar-refractivity contribution is 7.89. The minimum absolute atomic E-state index is 0.0825. The molecule has 0 radical (unpaired) electrons. The molecule has 1 amide bonds. The maximum Gasteiger partial charge on any atom is 0.263 e. The zero-order valence-corrected chi connectivity index (χ0v) is 16.1. The van der Waals surface area contributed by atoms with Gasteiger partial charge in [-0.1, -0.05) is 12.1 Å². The van der Waals surface area contributed by atoms with Gasteiger partial charge in [0.25, 0.3) is 5.91 Å². The van der Waals surface area contributed by atoms with Crippen LogP contribution in [0.3, 0.4) is 0 Å². The molecule has 0 spiro atoms. The molecular weight excluding hydrogens is 362 g/mol. The van der Waals surface area contributed by atoms with Crippen molar-refractivity contribution in [2.24, 2.45) is 5.14 Å². The Morgan fingerprint density at radius 2 is 2.08 bits per heavy atom. The maximum atomic E-state index is 12.4. The Morgan fingerprint density at radius 1 is 1.40 bits per heavy atom. The molecule has 2 aromatic rings. The molecule has 1 unspecified atom stereocenters. The number of hydrogen-bond donors (Lipinski definition) is 2. The van der Waals surface area contributed by atoms with Gasteiger partial charge in [-0.3, -0.25) is 4.79 Å². The molecule has 25 heavy (non-hydrogen) atoms. The van der Waals surface area contributed by atoms with Gasteiger partial charge in [0, 0.05) is 13.7 Å². The predicted molar refractivity (Wildman–Crippen MR) is 96.0 cm³/mol. The van der Waals surface area contributed by atoms with Gasteiger partial charge in [-0.2, -0.15) is 0 Å². The summed E-state index contributed by atoms with van der Waals surface area (Å²) in [5.41, 5.74) is 1.98. The van der Waals surface area contributed by atoms with E-state index in [9.17, 15) is 13.2 Å². The SMILES string of the molecule is COC(C)c1nc(C)c(C(=O)NCc2ccc(S(N)(=O)=O)c(C)c2)s1. The van der Waals surface area contributed by atoms with Gasteiger partial charge in [-0.05, 0) is 38.0 Å². The van der Waals surface area contributed by atoms with Crippen LogP contribution in [0.4, 0.5) is 0 Å². The molecule has 1 aromatic heterocycles. The number of nitrogens with one attached hydrogen (secondary N) is 1. The maximum absolute atomic E-state index is 12.4. The van der Waals surface area contributed by atoms with Crippen LogP contribution in [-0.4, -0.2) is 26.4 Å². The fourth-order valence-electron chi connectivity index (χ4n) is 2.31. The van der Waals surface area contributed by atoms with Crippen LogP contribution in [0.25, 0.3) is 0 Å². The first kappa shape index (κ1) is 19.5. The quantitative estimate of drug-likeness (QED) is 0.793. The Balaban J connectivity index is 2.10. The normalized spacial score (nSPS) is 12.8. The van der Waals surface area contributed by atoms with Crippen molar-refractivity contribution in [2.75, 3.05) is 7.11 Å². The minimum Gasteiger partial charge on any atom is -0.375 e. The monoisotopic (exact) mass is 383 g/mol. The molecular formula is C16H21N3O4S2. The van der Waals surface area contributed by atoms with E-state index < -0.39 is 10.0 Å². The number of hydrogen-bond acceptors (Lipinski definition) is 6. The Morgan fingerprint density at radius 3 is 2.64 bits per heavy atom. The Kier molecular flexibility index (Phi) is 5.94. The number of rotatable bonds is 6. The lowest BCUT2D eigenvalue weighted by atomic mass is 10.1. The second-order valence-electron chi connectivity index (χ2n) is 5.67. The first-order valence-electron chi connectivity index (χ1n) is 7.54. The summed E-state index contributed by atoms with van der Waals surface area (Å²) in [4.78, 5) is 17.4. The van der Waals surface area contributed by atoms with Gasteiger partial charge in [-0.25, -0.2) is 18.5 Å². The van der Waals surface area contributed by atoms with Crippen molar-refractivity contribution in [3.63, 3.8) is 0 Å². The fraction of sp³-hybridized carbons (Fsp3) is 0.375. The second-order valence-corrected chi connectivity index (χ2v) is 8.23. The highest BCUT2D eigenvalue weighted by atomic mass is 32.2. The molecule has 2 rings (SSSR count). The third-order valence-corrected chi connectivity index (χ3v) is 6.11. The number of aryl methyl sites for hydroxylation is 2. The van der Waals surface area contributed by atoms with E-state index in [4.69, 9.17) is 9.88 Å². The van der Waals surface area contributed by atoms with Gasteiger partial charge in [-0.15, -0.1) is 11.3 Å². The lowest BCUT2D eigenvalue weighted by Crippen LogP contribution is -2.23.